The van der Waals surface area contributed by atoms with E-state index in [1.165, 1.54) is 0 Å². The Hall–Kier alpha value is -0.210. The molecule has 1 heterocycles. The maximum atomic E-state index is 11.2. The number of β-amino-alcohol motifs (C(OH)–C–C–N with tert-alkyl or cyclic N) is 1. The van der Waals surface area contributed by atoms with Gasteiger partial charge in [-0.1, -0.05) is 0 Å². The molecule has 0 radical (unpaired) electrons. The Balaban J connectivity index is 2.19. The van der Waals surface area contributed by atoms with Crippen molar-refractivity contribution in [3.63, 3.8) is 0 Å². The molecule has 6 nitrogen and oxygen atoms in total. The van der Waals surface area contributed by atoms with Crippen LogP contribution in [0.4, 0.5) is 0 Å². The van der Waals surface area contributed by atoms with Crippen molar-refractivity contribution in [2.75, 3.05) is 51.5 Å². The number of nitrogens with zero attached hydrogens (tertiary/aromatic N) is 1. The minimum atomic E-state index is -2.86. The maximum Gasteiger partial charge on any atom is 0.152 e. The molecule has 7 heteroatoms. The first-order chi connectivity index (χ1) is 8.43. The molecule has 0 saturated carbocycles. The van der Waals surface area contributed by atoms with Gasteiger partial charge in [-0.15, -0.1) is 0 Å². The smallest absolute Gasteiger partial charge is 0.152 e. The lowest BCUT2D eigenvalue weighted by Crippen LogP contribution is -2.44. The van der Waals surface area contributed by atoms with Gasteiger partial charge in [0.15, 0.2) is 9.84 Å². The van der Waals surface area contributed by atoms with E-state index in [1.807, 2.05) is 11.8 Å². The molecule has 1 saturated heterocycles. The molecule has 0 aromatic rings. The fourth-order valence-electron chi connectivity index (χ4n) is 1.84. The van der Waals surface area contributed by atoms with Crippen LogP contribution in [-0.4, -0.2) is 82.1 Å². The zero-order valence-corrected chi connectivity index (χ0v) is 11.9. The van der Waals surface area contributed by atoms with Crippen LogP contribution in [0.3, 0.4) is 0 Å². The summed E-state index contributed by atoms with van der Waals surface area (Å²) in [5.41, 5.74) is 0. The molecule has 0 aromatic heterocycles. The number of methoxy groups -OCH3 is 1. The largest absolute Gasteiger partial charge is 0.389 e. The van der Waals surface area contributed by atoms with Crippen LogP contribution in [0.15, 0.2) is 0 Å². The third-order valence-electron chi connectivity index (χ3n) is 2.88. The molecule has 2 atom stereocenters. The SMILES string of the molecule is COCC(C)OCC(O)CN1CCS(=O)(=O)CC1. The van der Waals surface area contributed by atoms with Crippen molar-refractivity contribution in [2.24, 2.45) is 0 Å². The van der Waals surface area contributed by atoms with Crippen molar-refractivity contribution < 1.29 is 23.0 Å². The minimum absolute atomic E-state index is 0.0496. The minimum Gasteiger partial charge on any atom is -0.389 e. The molecule has 1 aliphatic heterocycles. The quantitative estimate of drug-likeness (QED) is 0.654. The van der Waals surface area contributed by atoms with Gasteiger partial charge in [-0.3, -0.25) is 4.90 Å². The van der Waals surface area contributed by atoms with E-state index in [0.717, 1.165) is 0 Å². The van der Waals surface area contributed by atoms with E-state index in [1.54, 1.807) is 7.11 Å². The van der Waals surface area contributed by atoms with E-state index in [0.29, 0.717) is 26.2 Å². The van der Waals surface area contributed by atoms with Crippen molar-refractivity contribution in [3.8, 4) is 0 Å². The summed E-state index contributed by atoms with van der Waals surface area (Å²) in [6.45, 7) is 4.06. The Kier molecular flexibility index (Phi) is 6.51. The molecule has 2 unspecified atom stereocenters. The molecule has 1 rings (SSSR count). The van der Waals surface area contributed by atoms with E-state index in [9.17, 15) is 13.5 Å². The highest BCUT2D eigenvalue weighted by Crippen LogP contribution is 2.05. The van der Waals surface area contributed by atoms with Gasteiger partial charge in [0.25, 0.3) is 0 Å². The van der Waals surface area contributed by atoms with Crippen LogP contribution in [0, 0.1) is 0 Å². The lowest BCUT2D eigenvalue weighted by atomic mass is 10.3. The zero-order valence-electron chi connectivity index (χ0n) is 11.0. The van der Waals surface area contributed by atoms with Crippen LogP contribution in [-0.2, 0) is 19.3 Å². The van der Waals surface area contributed by atoms with E-state index in [4.69, 9.17) is 9.47 Å². The van der Waals surface area contributed by atoms with Crippen LogP contribution in [0.1, 0.15) is 6.92 Å². The third-order valence-corrected chi connectivity index (χ3v) is 4.49. The number of sulfone groups is 1. The number of aliphatic hydroxyl groups is 1. The van der Waals surface area contributed by atoms with Gasteiger partial charge in [-0.25, -0.2) is 8.42 Å². The Morgan fingerprint density at radius 3 is 2.44 bits per heavy atom. The molecule has 0 aliphatic carbocycles. The van der Waals surface area contributed by atoms with Crippen molar-refractivity contribution >= 4 is 9.84 Å². The van der Waals surface area contributed by atoms with Gasteiger partial charge < -0.3 is 14.6 Å². The number of hydrogen-bond donors (Lipinski definition) is 1. The maximum absolute atomic E-state index is 11.2. The second kappa shape index (κ2) is 7.40. The fraction of sp³-hybridized carbons (Fsp3) is 1.00. The Labute approximate surface area is 109 Å². The van der Waals surface area contributed by atoms with Gasteiger partial charge in [-0.2, -0.15) is 0 Å². The first kappa shape index (κ1) is 15.8. The average Bonchev–Trinajstić information content (AvgIpc) is 2.30. The fourth-order valence-corrected chi connectivity index (χ4v) is 3.12. The van der Waals surface area contributed by atoms with Crippen molar-refractivity contribution in [2.45, 2.75) is 19.1 Å². The van der Waals surface area contributed by atoms with E-state index in [2.05, 4.69) is 0 Å². The number of ether oxygens (including phenoxy) is 2. The summed E-state index contributed by atoms with van der Waals surface area (Å²) in [5.74, 6) is 0.362. The normalized spacial score (nSPS) is 23.7. The van der Waals surface area contributed by atoms with E-state index < -0.39 is 15.9 Å². The highest BCUT2D eigenvalue weighted by Gasteiger charge is 2.23. The average molecular weight is 281 g/mol. The molecule has 1 aliphatic rings. The standard InChI is InChI=1S/C11H23NO5S/c1-10(8-16-2)17-9-11(13)7-12-3-5-18(14,15)6-4-12/h10-11,13H,3-9H2,1-2H3. The molecule has 108 valence electrons. The number of rotatable bonds is 7. The summed E-state index contributed by atoms with van der Waals surface area (Å²) >= 11 is 0. The van der Waals surface area contributed by atoms with Crippen LogP contribution in [0.2, 0.25) is 0 Å². The molecule has 1 fully saturated rings. The summed E-state index contributed by atoms with van der Waals surface area (Å²) < 4.78 is 32.8. The molecule has 0 spiro atoms. The van der Waals surface area contributed by atoms with E-state index >= 15 is 0 Å². The lowest BCUT2D eigenvalue weighted by molar-refractivity contribution is -0.0391. The summed E-state index contributed by atoms with van der Waals surface area (Å²) in [6.07, 6.45) is -0.642. The number of hydrogen-bond acceptors (Lipinski definition) is 6. The molecule has 1 N–H and O–H groups in total. The highest BCUT2D eigenvalue weighted by atomic mass is 32.2. The van der Waals surface area contributed by atoms with Gasteiger partial charge in [0.05, 0.1) is 36.9 Å². The van der Waals surface area contributed by atoms with Gasteiger partial charge in [0.1, 0.15) is 0 Å². The van der Waals surface area contributed by atoms with Gasteiger partial charge >= 0.3 is 0 Å². The van der Waals surface area contributed by atoms with Crippen LogP contribution < -0.4 is 0 Å². The first-order valence-electron chi connectivity index (χ1n) is 6.14. The van der Waals surface area contributed by atoms with Crippen molar-refractivity contribution in [1.82, 2.24) is 4.90 Å². The summed E-state index contributed by atoms with van der Waals surface area (Å²) in [7, 11) is -1.25. The summed E-state index contributed by atoms with van der Waals surface area (Å²) in [6, 6.07) is 0. The second-order valence-corrected chi connectivity index (χ2v) is 7.01. The first-order valence-corrected chi connectivity index (χ1v) is 7.96. The van der Waals surface area contributed by atoms with Crippen LogP contribution >= 0.6 is 0 Å². The molecular weight excluding hydrogens is 258 g/mol. The Morgan fingerprint density at radius 1 is 1.28 bits per heavy atom. The number of aliphatic hydroxyl groups excluding tert-OH is 1. The second-order valence-electron chi connectivity index (χ2n) is 4.71. The van der Waals surface area contributed by atoms with Gasteiger partial charge in [0.2, 0.25) is 0 Å². The summed E-state index contributed by atoms with van der Waals surface area (Å²) in [4.78, 5) is 1.95. The van der Waals surface area contributed by atoms with Gasteiger partial charge in [0, 0.05) is 26.7 Å². The van der Waals surface area contributed by atoms with Crippen molar-refractivity contribution in [3.05, 3.63) is 0 Å². The monoisotopic (exact) mass is 281 g/mol. The van der Waals surface area contributed by atoms with Crippen molar-refractivity contribution in [1.29, 1.82) is 0 Å². The molecule has 18 heavy (non-hydrogen) atoms. The molecule has 0 bridgehead atoms. The topological polar surface area (TPSA) is 76.1 Å². The zero-order chi connectivity index (χ0) is 13.6. The third kappa shape index (κ3) is 6.10. The van der Waals surface area contributed by atoms with Crippen LogP contribution in [0.25, 0.3) is 0 Å². The predicted octanol–water partition coefficient (Wildman–Crippen LogP) is -0.871. The Bertz CT molecular complexity index is 318. The van der Waals surface area contributed by atoms with Gasteiger partial charge in [-0.05, 0) is 6.92 Å². The predicted molar refractivity (Wildman–Crippen MR) is 68.4 cm³/mol. The Morgan fingerprint density at radius 2 is 1.89 bits per heavy atom. The van der Waals surface area contributed by atoms with E-state index in [-0.39, 0.29) is 24.2 Å². The summed E-state index contributed by atoms with van der Waals surface area (Å²) in [5, 5.41) is 9.79. The molecular formula is C11H23NO5S. The van der Waals surface area contributed by atoms with Crippen LogP contribution in [0.5, 0.6) is 0 Å². The highest BCUT2D eigenvalue weighted by molar-refractivity contribution is 7.91. The molecule has 0 amide bonds. The molecule has 0 aromatic carbocycles. The lowest BCUT2D eigenvalue weighted by Gasteiger charge is -2.28.